The normalized spacial score (nSPS) is 10.2. The van der Waals surface area contributed by atoms with E-state index in [1.165, 1.54) is 4.57 Å². The van der Waals surface area contributed by atoms with E-state index >= 15 is 0 Å². The Labute approximate surface area is 87.0 Å². The molecule has 2 aromatic rings. The first-order chi connectivity index (χ1) is 7.16. The van der Waals surface area contributed by atoms with Crippen molar-refractivity contribution >= 4 is 5.82 Å². The number of hydrogen-bond donors (Lipinski definition) is 1. The molecule has 76 valence electrons. The van der Waals surface area contributed by atoms with Gasteiger partial charge < -0.3 is 5.73 Å². The Morgan fingerprint density at radius 2 is 2.13 bits per heavy atom. The highest BCUT2D eigenvalue weighted by Crippen LogP contribution is 2.07. The number of aromatic nitrogens is 2. The van der Waals surface area contributed by atoms with Gasteiger partial charge in [-0.25, -0.2) is 4.79 Å². The van der Waals surface area contributed by atoms with Gasteiger partial charge in [-0.3, -0.25) is 4.57 Å². The van der Waals surface area contributed by atoms with Gasteiger partial charge in [0.15, 0.2) is 0 Å². The molecule has 0 aliphatic carbocycles. The van der Waals surface area contributed by atoms with Crippen LogP contribution in [0.25, 0.3) is 5.69 Å². The van der Waals surface area contributed by atoms with Gasteiger partial charge in [-0.05, 0) is 30.7 Å². The lowest BCUT2D eigenvalue weighted by Gasteiger charge is -2.05. The van der Waals surface area contributed by atoms with E-state index in [2.05, 4.69) is 4.98 Å². The number of benzene rings is 1. The first kappa shape index (κ1) is 9.45. The largest absolute Gasteiger partial charge is 0.383 e. The third-order valence-corrected chi connectivity index (χ3v) is 2.11. The van der Waals surface area contributed by atoms with Gasteiger partial charge in [0.25, 0.3) is 0 Å². The van der Waals surface area contributed by atoms with E-state index in [0.717, 1.165) is 11.3 Å². The van der Waals surface area contributed by atoms with Crippen LogP contribution in [0.2, 0.25) is 0 Å². The van der Waals surface area contributed by atoms with Crippen LogP contribution in [0.15, 0.2) is 41.3 Å². The minimum Gasteiger partial charge on any atom is -0.383 e. The average molecular weight is 201 g/mol. The SMILES string of the molecule is Cc1cccc(-n2ccc(N)nc2=O)c1. The van der Waals surface area contributed by atoms with Crippen LogP contribution in [0, 0.1) is 6.92 Å². The van der Waals surface area contributed by atoms with Crippen LogP contribution >= 0.6 is 0 Å². The summed E-state index contributed by atoms with van der Waals surface area (Å²) in [6.45, 7) is 1.97. The summed E-state index contributed by atoms with van der Waals surface area (Å²) in [5.74, 6) is 0.240. The number of aryl methyl sites for hydroxylation is 1. The summed E-state index contributed by atoms with van der Waals surface area (Å²) in [5.41, 5.74) is 6.94. The predicted octanol–water partition coefficient (Wildman–Crippen LogP) is 1.12. The van der Waals surface area contributed by atoms with Crippen molar-refractivity contribution < 1.29 is 0 Å². The molecule has 0 radical (unpaired) electrons. The maximum atomic E-state index is 11.5. The maximum absolute atomic E-state index is 11.5. The molecule has 0 unspecified atom stereocenters. The van der Waals surface area contributed by atoms with E-state index in [-0.39, 0.29) is 11.5 Å². The molecule has 4 nitrogen and oxygen atoms in total. The third-order valence-electron chi connectivity index (χ3n) is 2.11. The van der Waals surface area contributed by atoms with Crippen molar-refractivity contribution in [3.8, 4) is 5.69 Å². The topological polar surface area (TPSA) is 60.9 Å². The van der Waals surface area contributed by atoms with E-state index in [9.17, 15) is 4.79 Å². The van der Waals surface area contributed by atoms with E-state index in [1.54, 1.807) is 12.3 Å². The summed E-state index contributed by atoms with van der Waals surface area (Å²) in [5, 5.41) is 0. The smallest absolute Gasteiger partial charge is 0.354 e. The second-order valence-corrected chi connectivity index (χ2v) is 3.34. The molecule has 4 heteroatoms. The number of nitrogens with two attached hydrogens (primary N) is 1. The Morgan fingerprint density at radius 1 is 1.33 bits per heavy atom. The molecule has 1 aromatic heterocycles. The van der Waals surface area contributed by atoms with Crippen LogP contribution in [0.5, 0.6) is 0 Å². The molecule has 0 aliphatic heterocycles. The standard InChI is InChI=1S/C11H11N3O/c1-8-3-2-4-9(7-8)14-6-5-10(12)13-11(14)15/h2-7H,1H3,(H2,12,13,15). The maximum Gasteiger partial charge on any atom is 0.354 e. The number of hydrogen-bond acceptors (Lipinski definition) is 3. The molecule has 1 aromatic carbocycles. The van der Waals surface area contributed by atoms with Gasteiger partial charge in [0.05, 0.1) is 5.69 Å². The van der Waals surface area contributed by atoms with Crippen molar-refractivity contribution in [3.05, 3.63) is 52.6 Å². The second kappa shape index (κ2) is 3.57. The van der Waals surface area contributed by atoms with Gasteiger partial charge in [0.1, 0.15) is 5.82 Å². The molecule has 2 rings (SSSR count). The average Bonchev–Trinajstić information content (AvgIpc) is 2.17. The van der Waals surface area contributed by atoms with Crippen LogP contribution in [-0.4, -0.2) is 9.55 Å². The fourth-order valence-electron chi connectivity index (χ4n) is 1.39. The zero-order chi connectivity index (χ0) is 10.8. The quantitative estimate of drug-likeness (QED) is 0.752. The minimum atomic E-state index is -0.361. The van der Waals surface area contributed by atoms with E-state index in [0.29, 0.717) is 0 Å². The van der Waals surface area contributed by atoms with Gasteiger partial charge in [-0.2, -0.15) is 4.98 Å². The Morgan fingerprint density at radius 3 is 2.80 bits per heavy atom. The second-order valence-electron chi connectivity index (χ2n) is 3.34. The van der Waals surface area contributed by atoms with Crippen molar-refractivity contribution in [1.82, 2.24) is 9.55 Å². The fourth-order valence-corrected chi connectivity index (χ4v) is 1.39. The van der Waals surface area contributed by atoms with Crippen LogP contribution in [-0.2, 0) is 0 Å². The van der Waals surface area contributed by atoms with Gasteiger partial charge in [0, 0.05) is 6.20 Å². The highest BCUT2D eigenvalue weighted by atomic mass is 16.1. The molecular weight excluding hydrogens is 190 g/mol. The number of anilines is 1. The fraction of sp³-hybridized carbons (Fsp3) is 0.0909. The predicted molar refractivity (Wildman–Crippen MR) is 59.0 cm³/mol. The monoisotopic (exact) mass is 201 g/mol. The van der Waals surface area contributed by atoms with Crippen molar-refractivity contribution in [1.29, 1.82) is 0 Å². The molecule has 0 spiro atoms. The molecule has 0 saturated carbocycles. The van der Waals surface area contributed by atoms with Crippen LogP contribution in [0.3, 0.4) is 0 Å². The summed E-state index contributed by atoms with van der Waals surface area (Å²) < 4.78 is 1.46. The molecule has 1 heterocycles. The van der Waals surface area contributed by atoms with E-state index in [4.69, 9.17) is 5.73 Å². The van der Waals surface area contributed by atoms with Gasteiger partial charge >= 0.3 is 5.69 Å². The molecule has 0 aliphatic rings. The van der Waals surface area contributed by atoms with E-state index in [1.807, 2.05) is 31.2 Å². The minimum absolute atomic E-state index is 0.240. The third kappa shape index (κ3) is 1.88. The first-order valence-corrected chi connectivity index (χ1v) is 4.59. The zero-order valence-corrected chi connectivity index (χ0v) is 8.34. The lowest BCUT2D eigenvalue weighted by atomic mass is 10.2. The summed E-state index contributed by atoms with van der Waals surface area (Å²) in [7, 11) is 0. The Bertz CT molecular complexity index is 546. The lowest BCUT2D eigenvalue weighted by molar-refractivity contribution is 0.918. The summed E-state index contributed by atoms with van der Waals surface area (Å²) >= 11 is 0. The molecule has 0 saturated heterocycles. The summed E-state index contributed by atoms with van der Waals surface area (Å²) in [6.07, 6.45) is 1.62. The number of rotatable bonds is 1. The Hall–Kier alpha value is -2.10. The van der Waals surface area contributed by atoms with Crippen LogP contribution in [0.4, 0.5) is 5.82 Å². The highest BCUT2D eigenvalue weighted by Gasteiger charge is 2.00. The van der Waals surface area contributed by atoms with Gasteiger partial charge in [-0.15, -0.1) is 0 Å². The van der Waals surface area contributed by atoms with Crippen molar-refractivity contribution in [2.45, 2.75) is 6.92 Å². The highest BCUT2D eigenvalue weighted by molar-refractivity contribution is 5.36. The van der Waals surface area contributed by atoms with Gasteiger partial charge in [0.2, 0.25) is 0 Å². The molecule has 0 bridgehead atoms. The first-order valence-electron chi connectivity index (χ1n) is 4.59. The molecule has 15 heavy (non-hydrogen) atoms. The molecule has 0 atom stereocenters. The lowest BCUT2D eigenvalue weighted by Crippen LogP contribution is -2.21. The summed E-state index contributed by atoms with van der Waals surface area (Å²) in [4.78, 5) is 15.2. The molecular formula is C11H11N3O. The molecule has 0 fully saturated rings. The van der Waals surface area contributed by atoms with Crippen molar-refractivity contribution in [2.75, 3.05) is 5.73 Å². The van der Waals surface area contributed by atoms with Crippen molar-refractivity contribution in [2.24, 2.45) is 0 Å². The zero-order valence-electron chi connectivity index (χ0n) is 8.34. The molecule has 2 N–H and O–H groups in total. The van der Waals surface area contributed by atoms with Gasteiger partial charge in [-0.1, -0.05) is 12.1 Å². The Balaban J connectivity index is 2.59. The molecule has 0 amide bonds. The number of nitrogen functional groups attached to an aromatic ring is 1. The Kier molecular flexibility index (Phi) is 2.25. The van der Waals surface area contributed by atoms with Crippen LogP contribution in [0.1, 0.15) is 5.56 Å². The number of nitrogens with zero attached hydrogens (tertiary/aromatic N) is 2. The van der Waals surface area contributed by atoms with Crippen molar-refractivity contribution in [3.63, 3.8) is 0 Å². The van der Waals surface area contributed by atoms with E-state index < -0.39 is 0 Å². The summed E-state index contributed by atoms with van der Waals surface area (Å²) in [6, 6.07) is 9.24. The van der Waals surface area contributed by atoms with Crippen LogP contribution < -0.4 is 11.4 Å².